The monoisotopic (exact) mass is 393 g/mol. The Morgan fingerprint density at radius 1 is 1.10 bits per heavy atom. The van der Waals surface area contributed by atoms with Gasteiger partial charge in [-0.05, 0) is 58.5 Å². The van der Waals surface area contributed by atoms with Gasteiger partial charge in [0.2, 0.25) is 0 Å². The molecule has 0 aliphatic carbocycles. The van der Waals surface area contributed by atoms with Crippen molar-refractivity contribution in [3.05, 3.63) is 81.4 Å². The number of hydrogen-bond donors (Lipinski definition) is 1. The van der Waals surface area contributed by atoms with Gasteiger partial charge in [0.25, 0.3) is 0 Å². The normalized spacial score (nSPS) is 12.3. The topological polar surface area (TPSA) is 43.8 Å². The summed E-state index contributed by atoms with van der Waals surface area (Å²) >= 11 is 2.10. The third-order valence-corrected chi connectivity index (χ3v) is 4.22. The predicted molar refractivity (Wildman–Crippen MR) is 88.7 cm³/mol. The molecule has 3 aromatic rings. The summed E-state index contributed by atoms with van der Waals surface area (Å²) in [5.41, 5.74) is 9.06. The Morgan fingerprint density at radius 2 is 1.86 bits per heavy atom. The van der Waals surface area contributed by atoms with E-state index < -0.39 is 0 Å². The highest BCUT2D eigenvalue weighted by atomic mass is 127. The van der Waals surface area contributed by atoms with E-state index in [-0.39, 0.29) is 11.9 Å². The smallest absolute Gasteiger partial charge is 0.124 e. The van der Waals surface area contributed by atoms with Crippen LogP contribution in [0.1, 0.15) is 17.3 Å². The van der Waals surface area contributed by atoms with Crippen LogP contribution < -0.4 is 5.73 Å². The second kappa shape index (κ2) is 5.95. The van der Waals surface area contributed by atoms with Crippen molar-refractivity contribution < 1.29 is 4.39 Å². The van der Waals surface area contributed by atoms with Crippen molar-refractivity contribution in [2.75, 3.05) is 0 Å². The first kappa shape index (κ1) is 14.2. The highest BCUT2D eigenvalue weighted by molar-refractivity contribution is 14.1. The Kier molecular flexibility index (Phi) is 4.03. The zero-order valence-electron chi connectivity index (χ0n) is 11.1. The quantitative estimate of drug-likeness (QED) is 0.691. The highest BCUT2D eigenvalue weighted by Crippen LogP contribution is 2.26. The van der Waals surface area contributed by atoms with Gasteiger partial charge in [0, 0.05) is 9.77 Å². The summed E-state index contributed by atoms with van der Waals surface area (Å²) in [5, 5.41) is 4.34. The number of benzene rings is 2. The number of rotatable bonds is 3. The molecule has 5 heteroatoms. The molecule has 21 heavy (non-hydrogen) atoms. The molecular weight excluding hydrogens is 380 g/mol. The molecular formula is C16H13FIN3. The van der Waals surface area contributed by atoms with Gasteiger partial charge in [-0.3, -0.25) is 0 Å². The Morgan fingerprint density at radius 3 is 2.57 bits per heavy atom. The molecule has 0 aliphatic heterocycles. The van der Waals surface area contributed by atoms with E-state index in [1.54, 1.807) is 12.3 Å². The molecule has 2 aromatic carbocycles. The molecule has 1 atom stereocenters. The van der Waals surface area contributed by atoms with Gasteiger partial charge in [0.15, 0.2) is 0 Å². The summed E-state index contributed by atoms with van der Waals surface area (Å²) in [6.45, 7) is 0. The lowest BCUT2D eigenvalue weighted by molar-refractivity contribution is 0.624. The molecule has 1 aromatic heterocycles. The van der Waals surface area contributed by atoms with Crippen molar-refractivity contribution >= 4 is 22.6 Å². The SMILES string of the molecule is NC(c1ccc(F)cc1I)c1ccnn1-c1ccccc1. The van der Waals surface area contributed by atoms with Gasteiger partial charge in [0.1, 0.15) is 5.82 Å². The van der Waals surface area contributed by atoms with E-state index in [4.69, 9.17) is 5.73 Å². The van der Waals surface area contributed by atoms with E-state index >= 15 is 0 Å². The molecule has 0 spiro atoms. The summed E-state index contributed by atoms with van der Waals surface area (Å²) in [6, 6.07) is 16.0. The minimum Gasteiger partial charge on any atom is -0.319 e. The fourth-order valence-corrected chi connectivity index (χ4v) is 3.06. The maximum absolute atomic E-state index is 13.2. The van der Waals surface area contributed by atoms with Crippen LogP contribution in [0.3, 0.4) is 0 Å². The Balaban J connectivity index is 2.03. The van der Waals surface area contributed by atoms with Crippen molar-refractivity contribution in [2.45, 2.75) is 6.04 Å². The third kappa shape index (κ3) is 2.84. The van der Waals surface area contributed by atoms with E-state index in [9.17, 15) is 4.39 Å². The Bertz CT molecular complexity index is 755. The van der Waals surface area contributed by atoms with Crippen LogP contribution >= 0.6 is 22.6 Å². The number of para-hydroxylation sites is 1. The average molecular weight is 393 g/mol. The summed E-state index contributed by atoms with van der Waals surface area (Å²) in [5.74, 6) is -0.257. The lowest BCUT2D eigenvalue weighted by Crippen LogP contribution is -2.18. The molecule has 2 N–H and O–H groups in total. The van der Waals surface area contributed by atoms with Gasteiger partial charge in [-0.1, -0.05) is 24.3 Å². The van der Waals surface area contributed by atoms with Gasteiger partial charge in [0.05, 0.1) is 17.4 Å². The molecule has 1 heterocycles. The van der Waals surface area contributed by atoms with Gasteiger partial charge < -0.3 is 5.73 Å². The fourth-order valence-electron chi connectivity index (χ4n) is 2.25. The molecule has 0 bridgehead atoms. The molecule has 1 unspecified atom stereocenters. The largest absolute Gasteiger partial charge is 0.319 e. The lowest BCUT2D eigenvalue weighted by Gasteiger charge is -2.16. The summed E-state index contributed by atoms with van der Waals surface area (Å²) in [6.07, 6.45) is 1.72. The molecule has 3 rings (SSSR count). The van der Waals surface area contributed by atoms with E-state index in [0.29, 0.717) is 0 Å². The average Bonchev–Trinajstić information content (AvgIpc) is 2.97. The maximum Gasteiger partial charge on any atom is 0.124 e. The van der Waals surface area contributed by atoms with Crippen molar-refractivity contribution in [1.82, 2.24) is 9.78 Å². The second-order valence-electron chi connectivity index (χ2n) is 4.65. The van der Waals surface area contributed by atoms with Crippen LogP contribution in [-0.2, 0) is 0 Å². The predicted octanol–water partition coefficient (Wildman–Crippen LogP) is 3.66. The zero-order chi connectivity index (χ0) is 14.8. The van der Waals surface area contributed by atoms with E-state index in [1.165, 1.54) is 12.1 Å². The standard InChI is InChI=1S/C16H13FIN3/c17-11-6-7-13(14(18)10-11)16(19)15-8-9-20-21(15)12-4-2-1-3-5-12/h1-10,16H,19H2. The highest BCUT2D eigenvalue weighted by Gasteiger charge is 2.17. The van der Waals surface area contributed by atoms with Crippen molar-refractivity contribution in [2.24, 2.45) is 5.73 Å². The van der Waals surface area contributed by atoms with Gasteiger partial charge in [-0.2, -0.15) is 5.10 Å². The van der Waals surface area contributed by atoms with Crippen LogP contribution in [0.2, 0.25) is 0 Å². The number of nitrogens with two attached hydrogens (primary N) is 1. The van der Waals surface area contributed by atoms with Crippen LogP contribution in [0.25, 0.3) is 5.69 Å². The Labute approximate surface area is 135 Å². The molecule has 106 valence electrons. The molecule has 0 aliphatic rings. The first-order valence-electron chi connectivity index (χ1n) is 6.46. The van der Waals surface area contributed by atoms with E-state index in [0.717, 1.165) is 20.5 Å². The van der Waals surface area contributed by atoms with Gasteiger partial charge in [-0.25, -0.2) is 9.07 Å². The first-order valence-corrected chi connectivity index (χ1v) is 7.54. The van der Waals surface area contributed by atoms with Crippen LogP contribution in [0.5, 0.6) is 0 Å². The molecule has 0 amide bonds. The van der Waals surface area contributed by atoms with Crippen LogP contribution in [0.4, 0.5) is 4.39 Å². The van der Waals surface area contributed by atoms with E-state index in [2.05, 4.69) is 27.7 Å². The van der Waals surface area contributed by atoms with Crippen LogP contribution in [0.15, 0.2) is 60.8 Å². The number of nitrogens with zero attached hydrogens (tertiary/aromatic N) is 2. The Hall–Kier alpha value is -1.73. The molecule has 0 radical (unpaired) electrons. The van der Waals surface area contributed by atoms with Crippen LogP contribution in [-0.4, -0.2) is 9.78 Å². The summed E-state index contributed by atoms with van der Waals surface area (Å²) in [4.78, 5) is 0. The molecule has 0 saturated heterocycles. The molecule has 0 fully saturated rings. The zero-order valence-corrected chi connectivity index (χ0v) is 13.2. The lowest BCUT2D eigenvalue weighted by atomic mass is 10.0. The third-order valence-electron chi connectivity index (χ3n) is 3.29. The first-order chi connectivity index (χ1) is 10.2. The summed E-state index contributed by atoms with van der Waals surface area (Å²) < 4.78 is 15.9. The van der Waals surface area contributed by atoms with Crippen LogP contribution in [0, 0.1) is 9.39 Å². The van der Waals surface area contributed by atoms with Crippen molar-refractivity contribution in [3.63, 3.8) is 0 Å². The van der Waals surface area contributed by atoms with Gasteiger partial charge in [-0.15, -0.1) is 0 Å². The minimum atomic E-state index is -0.361. The minimum absolute atomic E-state index is 0.257. The maximum atomic E-state index is 13.2. The van der Waals surface area contributed by atoms with E-state index in [1.807, 2.05) is 41.1 Å². The second-order valence-corrected chi connectivity index (χ2v) is 5.81. The summed E-state index contributed by atoms with van der Waals surface area (Å²) in [7, 11) is 0. The van der Waals surface area contributed by atoms with Gasteiger partial charge >= 0.3 is 0 Å². The number of hydrogen-bond acceptors (Lipinski definition) is 2. The van der Waals surface area contributed by atoms with Crippen molar-refractivity contribution in [3.8, 4) is 5.69 Å². The number of aromatic nitrogens is 2. The van der Waals surface area contributed by atoms with Crippen molar-refractivity contribution in [1.29, 1.82) is 0 Å². The molecule has 0 saturated carbocycles. The number of halogens is 2. The fraction of sp³-hybridized carbons (Fsp3) is 0.0625. The molecule has 3 nitrogen and oxygen atoms in total.